The average Bonchev–Trinajstić information content (AvgIpc) is 3.07. The first-order valence-corrected chi connectivity index (χ1v) is 10.1. The summed E-state index contributed by atoms with van der Waals surface area (Å²) in [5.41, 5.74) is 5.42. The predicted octanol–water partition coefficient (Wildman–Crippen LogP) is 3.80. The fourth-order valence-electron chi connectivity index (χ4n) is 3.99. The molecule has 156 valence electrons. The van der Waals surface area contributed by atoms with E-state index in [4.69, 9.17) is 10.1 Å². The van der Waals surface area contributed by atoms with Crippen molar-refractivity contribution in [3.63, 3.8) is 0 Å². The summed E-state index contributed by atoms with van der Waals surface area (Å²) < 4.78 is 20.0. The van der Waals surface area contributed by atoms with Crippen LogP contribution in [0, 0.1) is 11.2 Å². The van der Waals surface area contributed by atoms with Gasteiger partial charge in [0.05, 0.1) is 24.6 Å². The van der Waals surface area contributed by atoms with Crippen LogP contribution in [0.5, 0.6) is 5.75 Å². The molecule has 1 saturated heterocycles. The molecule has 2 aliphatic rings. The highest BCUT2D eigenvalue weighted by Crippen LogP contribution is 2.28. The molecule has 0 aliphatic carbocycles. The van der Waals surface area contributed by atoms with E-state index in [9.17, 15) is 9.50 Å². The molecule has 6 heteroatoms. The maximum absolute atomic E-state index is 14.6. The number of nitrogens with one attached hydrogen (secondary N) is 2. The van der Waals surface area contributed by atoms with Crippen molar-refractivity contribution < 1.29 is 14.2 Å². The van der Waals surface area contributed by atoms with E-state index in [0.717, 1.165) is 28.7 Å². The van der Waals surface area contributed by atoms with Gasteiger partial charge in [-0.3, -0.25) is 4.90 Å². The first kappa shape index (κ1) is 20.3. The number of hydrogen-bond acceptors (Lipinski definition) is 5. The molecule has 1 fully saturated rings. The number of benzene rings is 2. The molecule has 5 nitrogen and oxygen atoms in total. The lowest BCUT2D eigenvalue weighted by atomic mass is 9.98. The Bertz CT molecular complexity index is 1030. The molecule has 0 saturated carbocycles. The number of likely N-dealkylation sites (N-methyl/N-ethyl adjacent to an activating group) is 1. The topological polar surface area (TPSA) is 68.6 Å². The minimum atomic E-state index is -0.321. The van der Waals surface area contributed by atoms with Crippen LogP contribution in [0.2, 0.25) is 0 Å². The van der Waals surface area contributed by atoms with Crippen molar-refractivity contribution in [2.24, 2.45) is 0 Å². The zero-order valence-corrected chi connectivity index (χ0v) is 17.0. The van der Waals surface area contributed by atoms with Crippen LogP contribution in [0.4, 0.5) is 4.39 Å². The average molecular weight is 407 g/mol. The third-order valence-electron chi connectivity index (χ3n) is 5.45. The molecule has 0 unspecified atom stereocenters. The van der Waals surface area contributed by atoms with Gasteiger partial charge in [-0.15, -0.1) is 0 Å². The second-order valence-corrected chi connectivity index (χ2v) is 7.78. The standard InChI is InChI=1S/C24H26FN3O2/c1-28-14-21(23(26)15-28)24(20-4-2-3-5-22(20)25)27-13-16-10-18(12-19(29)11-16)17-6-8-30-9-7-17/h2-6,10-12,26-27,29H,7-9,13-15H2,1H3/b24-21-,26-23?. The number of phenolic OH excluding ortho intramolecular Hbond substituents is 1. The highest BCUT2D eigenvalue weighted by Gasteiger charge is 2.24. The van der Waals surface area contributed by atoms with Crippen molar-refractivity contribution in [2.45, 2.75) is 13.0 Å². The van der Waals surface area contributed by atoms with Gasteiger partial charge >= 0.3 is 0 Å². The first-order chi connectivity index (χ1) is 14.5. The van der Waals surface area contributed by atoms with Gasteiger partial charge in [0.25, 0.3) is 0 Å². The van der Waals surface area contributed by atoms with Crippen LogP contribution in [0.25, 0.3) is 11.3 Å². The summed E-state index contributed by atoms with van der Waals surface area (Å²) in [6.45, 7) is 2.80. The van der Waals surface area contributed by atoms with Crippen LogP contribution in [0.15, 0.2) is 54.1 Å². The van der Waals surface area contributed by atoms with E-state index in [0.29, 0.717) is 49.8 Å². The number of hydrogen-bond donors (Lipinski definition) is 3. The highest BCUT2D eigenvalue weighted by atomic mass is 19.1. The Balaban J connectivity index is 1.65. The lowest BCUT2D eigenvalue weighted by molar-refractivity contribution is 0.161. The summed E-state index contributed by atoms with van der Waals surface area (Å²) in [4.78, 5) is 2.03. The Morgan fingerprint density at radius 2 is 2.07 bits per heavy atom. The molecular formula is C24H26FN3O2. The van der Waals surface area contributed by atoms with E-state index in [1.807, 2.05) is 24.1 Å². The number of likely N-dealkylation sites (tertiary alicyclic amines) is 1. The molecule has 0 aromatic heterocycles. The van der Waals surface area contributed by atoms with Crippen LogP contribution >= 0.6 is 0 Å². The predicted molar refractivity (Wildman–Crippen MR) is 117 cm³/mol. The molecule has 0 radical (unpaired) electrons. The van der Waals surface area contributed by atoms with Crippen LogP contribution in [-0.4, -0.2) is 49.1 Å². The Hall–Kier alpha value is -2.96. The van der Waals surface area contributed by atoms with Gasteiger partial charge in [-0.1, -0.05) is 18.2 Å². The van der Waals surface area contributed by atoms with Crippen molar-refractivity contribution in [3.8, 4) is 5.75 Å². The fraction of sp³-hybridized carbons (Fsp3) is 0.292. The number of rotatable bonds is 5. The Morgan fingerprint density at radius 1 is 1.23 bits per heavy atom. The van der Waals surface area contributed by atoms with Crippen molar-refractivity contribution in [1.82, 2.24) is 10.2 Å². The van der Waals surface area contributed by atoms with Gasteiger partial charge in [0.15, 0.2) is 0 Å². The van der Waals surface area contributed by atoms with Gasteiger partial charge in [0.1, 0.15) is 11.6 Å². The van der Waals surface area contributed by atoms with Crippen LogP contribution in [0.3, 0.4) is 0 Å². The Labute approximate surface area is 176 Å². The Kier molecular flexibility index (Phi) is 5.97. The second-order valence-electron chi connectivity index (χ2n) is 7.78. The van der Waals surface area contributed by atoms with E-state index >= 15 is 0 Å². The third kappa shape index (κ3) is 4.45. The molecule has 0 spiro atoms. The monoisotopic (exact) mass is 407 g/mol. The van der Waals surface area contributed by atoms with Crippen LogP contribution in [-0.2, 0) is 11.3 Å². The lowest BCUT2D eigenvalue weighted by Crippen LogP contribution is -2.18. The van der Waals surface area contributed by atoms with E-state index in [1.54, 1.807) is 30.3 Å². The Morgan fingerprint density at radius 3 is 2.77 bits per heavy atom. The van der Waals surface area contributed by atoms with E-state index in [1.165, 1.54) is 6.07 Å². The minimum Gasteiger partial charge on any atom is -0.508 e. The largest absolute Gasteiger partial charge is 0.508 e. The van der Waals surface area contributed by atoms with Gasteiger partial charge in [0.2, 0.25) is 0 Å². The van der Waals surface area contributed by atoms with Crippen molar-refractivity contribution in [2.75, 3.05) is 33.4 Å². The third-order valence-corrected chi connectivity index (χ3v) is 5.45. The quantitative estimate of drug-likeness (QED) is 0.705. The van der Waals surface area contributed by atoms with Crippen LogP contribution < -0.4 is 5.32 Å². The maximum Gasteiger partial charge on any atom is 0.132 e. The van der Waals surface area contributed by atoms with Crippen LogP contribution in [0.1, 0.15) is 23.1 Å². The molecule has 2 aromatic carbocycles. The summed E-state index contributed by atoms with van der Waals surface area (Å²) in [6.07, 6.45) is 2.85. The van der Waals surface area contributed by atoms with Gasteiger partial charge in [-0.2, -0.15) is 0 Å². The molecule has 2 aliphatic heterocycles. The number of phenols is 1. The smallest absolute Gasteiger partial charge is 0.132 e. The van der Waals surface area contributed by atoms with Crippen molar-refractivity contribution in [1.29, 1.82) is 5.41 Å². The molecule has 2 heterocycles. The van der Waals surface area contributed by atoms with Gasteiger partial charge in [-0.05, 0) is 60.5 Å². The van der Waals surface area contributed by atoms with Crippen molar-refractivity contribution >= 4 is 17.0 Å². The molecular weight excluding hydrogens is 381 g/mol. The minimum absolute atomic E-state index is 0.199. The summed E-state index contributed by atoms with van der Waals surface area (Å²) in [5, 5.41) is 22.0. The zero-order chi connectivity index (χ0) is 21.1. The maximum atomic E-state index is 14.6. The molecule has 0 atom stereocenters. The number of ether oxygens (including phenoxy) is 1. The fourth-order valence-corrected chi connectivity index (χ4v) is 3.99. The van der Waals surface area contributed by atoms with E-state index < -0.39 is 0 Å². The molecule has 30 heavy (non-hydrogen) atoms. The first-order valence-electron chi connectivity index (χ1n) is 10.1. The molecule has 4 rings (SSSR count). The normalized spacial score (nSPS) is 19.0. The van der Waals surface area contributed by atoms with E-state index in [2.05, 4.69) is 5.32 Å². The van der Waals surface area contributed by atoms with Gasteiger partial charge in [-0.25, -0.2) is 4.39 Å². The zero-order valence-electron chi connectivity index (χ0n) is 17.0. The summed E-state index contributed by atoms with van der Waals surface area (Å²) >= 11 is 0. The van der Waals surface area contributed by atoms with Crippen molar-refractivity contribution in [3.05, 3.63) is 76.6 Å². The highest BCUT2D eigenvalue weighted by molar-refractivity contribution is 6.07. The molecule has 3 N–H and O–H groups in total. The number of halogens is 1. The molecule has 0 bridgehead atoms. The van der Waals surface area contributed by atoms with E-state index in [-0.39, 0.29) is 11.6 Å². The molecule has 0 amide bonds. The van der Waals surface area contributed by atoms with Gasteiger partial charge in [0, 0.05) is 30.8 Å². The summed E-state index contributed by atoms with van der Waals surface area (Å²) in [5.74, 6) is -0.121. The summed E-state index contributed by atoms with van der Waals surface area (Å²) in [7, 11) is 1.95. The van der Waals surface area contributed by atoms with Gasteiger partial charge < -0.3 is 20.6 Å². The second kappa shape index (κ2) is 8.81. The SMILES string of the molecule is CN1CC(=N)/C(=C(\NCc2cc(O)cc(C3=CCOCC3)c2)c2ccccc2F)C1. The lowest BCUT2D eigenvalue weighted by Gasteiger charge is -2.18. The number of nitrogens with zero attached hydrogens (tertiary/aromatic N) is 1. The number of aromatic hydroxyl groups is 1. The summed E-state index contributed by atoms with van der Waals surface area (Å²) in [6, 6.07) is 12.1. The molecule has 2 aromatic rings.